The van der Waals surface area contributed by atoms with Gasteiger partial charge in [0.1, 0.15) is 5.82 Å². The molecule has 3 rings (SSSR count). The molecule has 2 aromatic carbocycles. The molecule has 0 fully saturated rings. The van der Waals surface area contributed by atoms with Gasteiger partial charge in [-0.05, 0) is 36.2 Å². The Labute approximate surface area is 151 Å². The maximum Gasteiger partial charge on any atom is 0.258 e. The fraction of sp³-hybridized carbons (Fsp3) is 0.105. The molecule has 0 saturated heterocycles. The lowest BCUT2D eigenvalue weighted by Gasteiger charge is -2.07. The number of anilines is 2. The normalized spacial score (nSPS) is 10.3. The molecule has 0 saturated carbocycles. The molecule has 5 nitrogen and oxygen atoms in total. The number of halogens is 1. The van der Waals surface area contributed by atoms with E-state index in [1.807, 2.05) is 18.2 Å². The molecule has 0 spiro atoms. The SMILES string of the molecule is O=C(Nc1ccc(NCCc2ccccc2)nn1)c1ccccc1Cl. The molecule has 0 bridgehead atoms. The smallest absolute Gasteiger partial charge is 0.258 e. The van der Waals surface area contributed by atoms with Gasteiger partial charge in [-0.3, -0.25) is 4.79 Å². The quantitative estimate of drug-likeness (QED) is 0.702. The van der Waals surface area contributed by atoms with Crippen LogP contribution in [0.5, 0.6) is 0 Å². The van der Waals surface area contributed by atoms with Crippen LogP contribution in [0.25, 0.3) is 0 Å². The molecule has 0 aliphatic carbocycles. The molecule has 1 aromatic heterocycles. The first-order valence-corrected chi connectivity index (χ1v) is 8.27. The van der Waals surface area contributed by atoms with Gasteiger partial charge in [-0.15, -0.1) is 10.2 Å². The number of rotatable bonds is 6. The summed E-state index contributed by atoms with van der Waals surface area (Å²) in [6, 6.07) is 20.5. The molecule has 0 radical (unpaired) electrons. The van der Waals surface area contributed by atoms with Crippen LogP contribution in [0.15, 0.2) is 66.7 Å². The lowest BCUT2D eigenvalue weighted by atomic mass is 10.1. The molecule has 0 atom stereocenters. The first-order valence-electron chi connectivity index (χ1n) is 7.90. The number of carbonyl (C=O) groups excluding carboxylic acids is 1. The van der Waals surface area contributed by atoms with Crippen LogP contribution in [0.3, 0.4) is 0 Å². The second-order valence-electron chi connectivity index (χ2n) is 5.40. The summed E-state index contributed by atoms with van der Waals surface area (Å²) in [5.41, 5.74) is 1.66. The van der Waals surface area contributed by atoms with Crippen LogP contribution in [0.4, 0.5) is 11.6 Å². The number of benzene rings is 2. The fourth-order valence-corrected chi connectivity index (χ4v) is 2.52. The summed E-state index contributed by atoms with van der Waals surface area (Å²) >= 11 is 6.01. The number of aromatic nitrogens is 2. The van der Waals surface area contributed by atoms with Crippen LogP contribution in [0.1, 0.15) is 15.9 Å². The van der Waals surface area contributed by atoms with Crippen molar-refractivity contribution in [1.82, 2.24) is 10.2 Å². The Morgan fingerprint density at radius 3 is 2.28 bits per heavy atom. The van der Waals surface area contributed by atoms with Gasteiger partial charge in [-0.25, -0.2) is 0 Å². The van der Waals surface area contributed by atoms with Crippen LogP contribution in [0.2, 0.25) is 5.02 Å². The van der Waals surface area contributed by atoms with Gasteiger partial charge in [0.2, 0.25) is 0 Å². The van der Waals surface area contributed by atoms with Crippen LogP contribution < -0.4 is 10.6 Å². The number of amides is 1. The number of nitrogens with zero attached hydrogens (tertiary/aromatic N) is 2. The first-order chi connectivity index (χ1) is 12.2. The van der Waals surface area contributed by atoms with Gasteiger partial charge >= 0.3 is 0 Å². The van der Waals surface area contributed by atoms with E-state index in [-0.39, 0.29) is 5.91 Å². The van der Waals surface area contributed by atoms with Crippen molar-refractivity contribution < 1.29 is 4.79 Å². The van der Waals surface area contributed by atoms with Gasteiger partial charge in [-0.2, -0.15) is 0 Å². The van der Waals surface area contributed by atoms with Gasteiger partial charge in [-0.1, -0.05) is 54.1 Å². The molecule has 0 aliphatic heterocycles. The van der Waals surface area contributed by atoms with Crippen molar-refractivity contribution in [3.63, 3.8) is 0 Å². The van der Waals surface area contributed by atoms with Crippen LogP contribution in [-0.2, 0) is 6.42 Å². The highest BCUT2D eigenvalue weighted by Crippen LogP contribution is 2.16. The number of hydrogen-bond acceptors (Lipinski definition) is 4. The van der Waals surface area contributed by atoms with E-state index in [0.717, 1.165) is 13.0 Å². The van der Waals surface area contributed by atoms with Gasteiger partial charge in [0, 0.05) is 6.54 Å². The third-order valence-corrected chi connectivity index (χ3v) is 3.92. The van der Waals surface area contributed by atoms with E-state index in [0.29, 0.717) is 22.2 Å². The Morgan fingerprint density at radius 2 is 1.56 bits per heavy atom. The van der Waals surface area contributed by atoms with E-state index < -0.39 is 0 Å². The minimum Gasteiger partial charge on any atom is -0.368 e. The summed E-state index contributed by atoms with van der Waals surface area (Å²) in [4.78, 5) is 12.2. The average molecular weight is 353 g/mol. The second-order valence-corrected chi connectivity index (χ2v) is 5.81. The predicted octanol–water partition coefficient (Wildman–Crippen LogP) is 4.04. The van der Waals surface area contributed by atoms with E-state index in [9.17, 15) is 4.79 Å². The number of nitrogens with one attached hydrogen (secondary N) is 2. The average Bonchev–Trinajstić information content (AvgIpc) is 2.64. The highest BCUT2D eigenvalue weighted by Gasteiger charge is 2.10. The predicted molar refractivity (Wildman–Crippen MR) is 100 cm³/mol. The lowest BCUT2D eigenvalue weighted by Crippen LogP contribution is -2.14. The minimum atomic E-state index is -0.315. The van der Waals surface area contributed by atoms with Crippen molar-refractivity contribution in [3.8, 4) is 0 Å². The monoisotopic (exact) mass is 352 g/mol. The Bertz CT molecular complexity index is 838. The second kappa shape index (κ2) is 8.26. The maximum absolute atomic E-state index is 12.2. The van der Waals surface area contributed by atoms with Gasteiger partial charge in [0.25, 0.3) is 5.91 Å². The molecular formula is C19H17ClN4O. The van der Waals surface area contributed by atoms with Crippen molar-refractivity contribution in [2.45, 2.75) is 6.42 Å². The largest absolute Gasteiger partial charge is 0.368 e. The van der Waals surface area contributed by atoms with Crippen LogP contribution in [-0.4, -0.2) is 22.6 Å². The van der Waals surface area contributed by atoms with Gasteiger partial charge in [0.05, 0.1) is 10.6 Å². The molecule has 2 N–H and O–H groups in total. The van der Waals surface area contributed by atoms with E-state index in [2.05, 4.69) is 33.0 Å². The van der Waals surface area contributed by atoms with Crippen molar-refractivity contribution in [3.05, 3.63) is 82.9 Å². The van der Waals surface area contributed by atoms with E-state index in [1.165, 1.54) is 5.56 Å². The molecule has 3 aromatic rings. The van der Waals surface area contributed by atoms with Gasteiger partial charge in [0.15, 0.2) is 5.82 Å². The highest BCUT2D eigenvalue weighted by molar-refractivity contribution is 6.34. The topological polar surface area (TPSA) is 66.9 Å². The molecular weight excluding hydrogens is 336 g/mol. The highest BCUT2D eigenvalue weighted by atomic mass is 35.5. The summed E-state index contributed by atoms with van der Waals surface area (Å²) < 4.78 is 0. The summed E-state index contributed by atoms with van der Waals surface area (Å²) in [7, 11) is 0. The standard InChI is InChI=1S/C19H17ClN4O/c20-16-9-5-4-8-15(16)19(25)22-18-11-10-17(23-24-18)21-13-12-14-6-2-1-3-7-14/h1-11H,12-13H2,(H,21,23)(H,22,24,25). The molecule has 0 aliphatic rings. The number of carbonyl (C=O) groups is 1. The van der Waals surface area contributed by atoms with Gasteiger partial charge < -0.3 is 10.6 Å². The zero-order valence-electron chi connectivity index (χ0n) is 13.4. The third-order valence-electron chi connectivity index (χ3n) is 3.59. The molecule has 25 heavy (non-hydrogen) atoms. The van der Waals surface area contributed by atoms with Crippen molar-refractivity contribution >= 4 is 29.1 Å². The summed E-state index contributed by atoms with van der Waals surface area (Å²) in [5, 5.41) is 14.4. The first kappa shape index (κ1) is 16.9. The minimum absolute atomic E-state index is 0.315. The summed E-state index contributed by atoms with van der Waals surface area (Å²) in [5.74, 6) is 0.717. The zero-order valence-corrected chi connectivity index (χ0v) is 14.2. The van der Waals surface area contributed by atoms with Crippen molar-refractivity contribution in [2.24, 2.45) is 0 Å². The fourth-order valence-electron chi connectivity index (χ4n) is 2.30. The summed E-state index contributed by atoms with van der Waals surface area (Å²) in [6.07, 6.45) is 0.896. The Morgan fingerprint density at radius 1 is 0.880 bits per heavy atom. The van der Waals surface area contributed by atoms with E-state index in [1.54, 1.807) is 36.4 Å². The van der Waals surface area contributed by atoms with Crippen LogP contribution >= 0.6 is 11.6 Å². The summed E-state index contributed by atoms with van der Waals surface area (Å²) in [6.45, 7) is 0.754. The lowest BCUT2D eigenvalue weighted by molar-refractivity contribution is 0.102. The maximum atomic E-state index is 12.2. The molecule has 1 heterocycles. The van der Waals surface area contributed by atoms with E-state index in [4.69, 9.17) is 11.6 Å². The molecule has 1 amide bonds. The Hall–Kier alpha value is -2.92. The van der Waals surface area contributed by atoms with Crippen LogP contribution in [0, 0.1) is 0 Å². The molecule has 6 heteroatoms. The number of hydrogen-bond donors (Lipinski definition) is 2. The van der Waals surface area contributed by atoms with Crippen molar-refractivity contribution in [2.75, 3.05) is 17.2 Å². The third kappa shape index (κ3) is 4.78. The van der Waals surface area contributed by atoms with Crippen molar-refractivity contribution in [1.29, 1.82) is 0 Å². The molecule has 126 valence electrons. The van der Waals surface area contributed by atoms with E-state index >= 15 is 0 Å². The Kier molecular flexibility index (Phi) is 5.59. The Balaban J connectivity index is 1.53. The zero-order chi connectivity index (χ0) is 17.5. The molecule has 0 unspecified atom stereocenters.